The predicted molar refractivity (Wildman–Crippen MR) is 67.9 cm³/mol. The van der Waals surface area contributed by atoms with Crippen molar-refractivity contribution < 1.29 is 13.5 Å². The van der Waals surface area contributed by atoms with Gasteiger partial charge in [-0.1, -0.05) is 13.8 Å². The summed E-state index contributed by atoms with van der Waals surface area (Å²) in [6.07, 6.45) is 2.41. The minimum Gasteiger partial charge on any atom is -0.393 e. The Labute approximate surface area is 105 Å². The third-order valence-electron chi connectivity index (χ3n) is 3.02. The van der Waals surface area contributed by atoms with Gasteiger partial charge < -0.3 is 5.11 Å². The van der Waals surface area contributed by atoms with Crippen molar-refractivity contribution in [3.05, 3.63) is 0 Å². The van der Waals surface area contributed by atoms with E-state index in [1.807, 2.05) is 13.8 Å². The summed E-state index contributed by atoms with van der Waals surface area (Å²) >= 11 is 0. The molecule has 0 radical (unpaired) electrons. The highest BCUT2D eigenvalue weighted by Gasteiger charge is 2.31. The van der Waals surface area contributed by atoms with Crippen LogP contribution in [0.1, 0.15) is 39.5 Å². The topological polar surface area (TPSA) is 60.9 Å². The standard InChI is InChI=1S/C11H24N2O3S/c1-3-7-12(8-4-2)17(15,16)13-9-5-11(14)6-10-13/h11,14H,3-10H2,1-2H3. The highest BCUT2D eigenvalue weighted by atomic mass is 32.2. The maximum Gasteiger partial charge on any atom is 0.281 e. The second-order valence-corrected chi connectivity index (χ2v) is 6.47. The van der Waals surface area contributed by atoms with Crippen molar-refractivity contribution in [2.75, 3.05) is 26.2 Å². The molecule has 6 heteroatoms. The summed E-state index contributed by atoms with van der Waals surface area (Å²) in [6, 6.07) is 0. The van der Waals surface area contributed by atoms with Crippen LogP contribution in [0.3, 0.4) is 0 Å². The van der Waals surface area contributed by atoms with Crippen molar-refractivity contribution in [1.82, 2.24) is 8.61 Å². The first-order valence-electron chi connectivity index (χ1n) is 6.45. The fourth-order valence-corrected chi connectivity index (χ4v) is 3.90. The lowest BCUT2D eigenvalue weighted by Crippen LogP contribution is -2.48. The van der Waals surface area contributed by atoms with E-state index in [0.717, 1.165) is 12.8 Å². The summed E-state index contributed by atoms with van der Waals surface area (Å²) in [4.78, 5) is 0. The molecule has 1 heterocycles. The van der Waals surface area contributed by atoms with E-state index in [1.54, 1.807) is 4.31 Å². The van der Waals surface area contributed by atoms with Crippen molar-refractivity contribution >= 4 is 10.2 Å². The zero-order valence-corrected chi connectivity index (χ0v) is 11.6. The van der Waals surface area contributed by atoms with Crippen LogP contribution in [-0.2, 0) is 10.2 Å². The summed E-state index contributed by atoms with van der Waals surface area (Å²) in [5.41, 5.74) is 0. The number of hydrogen-bond acceptors (Lipinski definition) is 3. The van der Waals surface area contributed by atoms with Gasteiger partial charge in [-0.15, -0.1) is 0 Å². The van der Waals surface area contributed by atoms with Crippen LogP contribution in [0.2, 0.25) is 0 Å². The fraction of sp³-hybridized carbons (Fsp3) is 1.00. The highest BCUT2D eigenvalue weighted by Crippen LogP contribution is 2.17. The molecule has 0 aromatic heterocycles. The van der Waals surface area contributed by atoms with Crippen molar-refractivity contribution in [3.63, 3.8) is 0 Å². The monoisotopic (exact) mass is 264 g/mol. The molecule has 0 saturated carbocycles. The molecule has 0 spiro atoms. The molecule has 0 amide bonds. The Bertz CT molecular complexity index is 305. The zero-order chi connectivity index (χ0) is 12.9. The number of rotatable bonds is 6. The van der Waals surface area contributed by atoms with E-state index in [4.69, 9.17) is 0 Å². The third-order valence-corrected chi connectivity index (χ3v) is 5.06. The third kappa shape index (κ3) is 3.91. The van der Waals surface area contributed by atoms with Crippen LogP contribution < -0.4 is 0 Å². The van der Waals surface area contributed by atoms with Gasteiger partial charge in [0.15, 0.2) is 0 Å². The Morgan fingerprint density at radius 2 is 1.65 bits per heavy atom. The van der Waals surface area contributed by atoms with E-state index in [2.05, 4.69) is 0 Å². The van der Waals surface area contributed by atoms with Crippen LogP contribution in [0.25, 0.3) is 0 Å². The normalized spacial score (nSPS) is 20.0. The van der Waals surface area contributed by atoms with Crippen LogP contribution in [0.4, 0.5) is 0 Å². The van der Waals surface area contributed by atoms with Gasteiger partial charge in [-0.2, -0.15) is 17.0 Å². The van der Waals surface area contributed by atoms with E-state index in [-0.39, 0.29) is 6.10 Å². The number of aliphatic hydroxyl groups excluding tert-OH is 1. The maximum atomic E-state index is 12.3. The summed E-state index contributed by atoms with van der Waals surface area (Å²) in [7, 11) is -3.32. The molecule has 5 nitrogen and oxygen atoms in total. The molecular formula is C11H24N2O3S. The molecule has 0 aromatic carbocycles. The zero-order valence-electron chi connectivity index (χ0n) is 10.8. The van der Waals surface area contributed by atoms with Crippen LogP contribution in [0.5, 0.6) is 0 Å². The largest absolute Gasteiger partial charge is 0.393 e. The molecule has 1 rings (SSSR count). The minimum atomic E-state index is -3.32. The van der Waals surface area contributed by atoms with Crippen molar-refractivity contribution in [2.24, 2.45) is 0 Å². The molecule has 1 aliphatic rings. The molecule has 0 unspecified atom stereocenters. The SMILES string of the molecule is CCCN(CCC)S(=O)(=O)N1CCC(O)CC1. The van der Waals surface area contributed by atoms with Gasteiger partial charge in [0, 0.05) is 26.2 Å². The lowest BCUT2D eigenvalue weighted by molar-refractivity contribution is 0.110. The maximum absolute atomic E-state index is 12.3. The fourth-order valence-electron chi connectivity index (χ4n) is 2.08. The second kappa shape index (κ2) is 6.68. The number of hydrogen-bond donors (Lipinski definition) is 1. The first-order valence-corrected chi connectivity index (χ1v) is 7.85. The van der Waals surface area contributed by atoms with Crippen LogP contribution in [0, 0.1) is 0 Å². The van der Waals surface area contributed by atoms with Crippen molar-refractivity contribution in [1.29, 1.82) is 0 Å². The number of aliphatic hydroxyl groups is 1. The van der Waals surface area contributed by atoms with E-state index in [1.165, 1.54) is 4.31 Å². The van der Waals surface area contributed by atoms with E-state index < -0.39 is 10.2 Å². The van der Waals surface area contributed by atoms with Gasteiger partial charge in [0.2, 0.25) is 0 Å². The van der Waals surface area contributed by atoms with Crippen LogP contribution in [0.15, 0.2) is 0 Å². The predicted octanol–water partition coefficient (Wildman–Crippen LogP) is 0.810. The second-order valence-electron chi connectivity index (χ2n) is 4.54. The molecule has 0 aliphatic carbocycles. The minimum absolute atomic E-state index is 0.341. The average Bonchev–Trinajstić information content (AvgIpc) is 2.29. The quantitative estimate of drug-likeness (QED) is 0.772. The van der Waals surface area contributed by atoms with Gasteiger partial charge in [0.25, 0.3) is 10.2 Å². The van der Waals surface area contributed by atoms with Crippen molar-refractivity contribution in [2.45, 2.75) is 45.6 Å². The summed E-state index contributed by atoms with van der Waals surface area (Å²) < 4.78 is 27.8. The summed E-state index contributed by atoms with van der Waals surface area (Å²) in [6.45, 7) is 6.00. The van der Waals surface area contributed by atoms with E-state index in [9.17, 15) is 13.5 Å². The molecule has 0 atom stereocenters. The van der Waals surface area contributed by atoms with Gasteiger partial charge >= 0.3 is 0 Å². The average molecular weight is 264 g/mol. The van der Waals surface area contributed by atoms with Crippen LogP contribution >= 0.6 is 0 Å². The molecule has 1 aliphatic heterocycles. The van der Waals surface area contributed by atoms with Crippen molar-refractivity contribution in [3.8, 4) is 0 Å². The Hall–Kier alpha value is -0.170. The molecule has 0 bridgehead atoms. The molecular weight excluding hydrogens is 240 g/mol. The molecule has 102 valence electrons. The Balaban J connectivity index is 2.70. The summed E-state index contributed by atoms with van der Waals surface area (Å²) in [5.74, 6) is 0. The number of nitrogens with zero attached hydrogens (tertiary/aromatic N) is 2. The lowest BCUT2D eigenvalue weighted by Gasteiger charge is -2.33. The molecule has 17 heavy (non-hydrogen) atoms. The first-order chi connectivity index (χ1) is 8.02. The lowest BCUT2D eigenvalue weighted by atomic mass is 10.1. The Kier molecular flexibility index (Phi) is 5.85. The van der Waals surface area contributed by atoms with Gasteiger partial charge in [0.05, 0.1) is 6.10 Å². The Morgan fingerprint density at radius 1 is 1.18 bits per heavy atom. The highest BCUT2D eigenvalue weighted by molar-refractivity contribution is 7.86. The van der Waals surface area contributed by atoms with Gasteiger partial charge in [-0.3, -0.25) is 0 Å². The van der Waals surface area contributed by atoms with Gasteiger partial charge in [0.1, 0.15) is 0 Å². The molecule has 1 fully saturated rings. The van der Waals surface area contributed by atoms with Gasteiger partial charge in [-0.25, -0.2) is 0 Å². The van der Waals surface area contributed by atoms with Gasteiger partial charge in [-0.05, 0) is 25.7 Å². The molecule has 1 N–H and O–H groups in total. The Morgan fingerprint density at radius 3 is 2.06 bits per heavy atom. The summed E-state index contributed by atoms with van der Waals surface area (Å²) in [5, 5.41) is 9.40. The van der Waals surface area contributed by atoms with E-state index in [0.29, 0.717) is 39.0 Å². The number of piperidine rings is 1. The molecule has 1 saturated heterocycles. The van der Waals surface area contributed by atoms with Crippen LogP contribution in [-0.4, -0.2) is 54.4 Å². The first kappa shape index (κ1) is 14.9. The van der Waals surface area contributed by atoms with E-state index >= 15 is 0 Å². The molecule has 0 aromatic rings. The smallest absolute Gasteiger partial charge is 0.281 e.